The minimum Gasteiger partial charge on any atom is -0.354 e. The quantitative estimate of drug-likeness (QED) is 0.141. The third kappa shape index (κ3) is 9.44. The number of hydrogen-bond donors (Lipinski definition) is 4. The van der Waals surface area contributed by atoms with Crippen LogP contribution in [0.15, 0.2) is 77.1 Å². The van der Waals surface area contributed by atoms with Crippen LogP contribution in [0.2, 0.25) is 0 Å². The molecule has 0 radical (unpaired) electrons. The standard InChI is InChI=1S/C19H21FN2O3S.C10H11NOS2/c20-17-11-14(16-7-3-4-8-18(16)26(21,24)25)9-10-15(17)12-22-19(23)13-5-1-2-6-13;12-8-11-7-10-5-4-9(14-10)3-1-2-6-13/h3-4,7-11,13H,1-2,5-6,12H2,(H,22,23)(H2,21,24,25);1-6,8,13H,7H2,(H,11,12)/b;3-1+,6-2-. The largest absolute Gasteiger partial charge is 0.354 e. The summed E-state index contributed by atoms with van der Waals surface area (Å²) in [5, 5.41) is 12.3. The van der Waals surface area contributed by atoms with Crippen LogP contribution < -0.4 is 15.8 Å². The highest BCUT2D eigenvalue weighted by Crippen LogP contribution is 2.28. The molecule has 4 rings (SSSR count). The van der Waals surface area contributed by atoms with Crippen molar-refractivity contribution in [3.8, 4) is 11.1 Å². The van der Waals surface area contributed by atoms with Crippen LogP contribution in [0.25, 0.3) is 17.2 Å². The highest BCUT2D eigenvalue weighted by Gasteiger charge is 2.22. The Kier molecular flexibility index (Phi) is 12.1. The maximum atomic E-state index is 14.5. The zero-order valence-corrected chi connectivity index (χ0v) is 24.3. The van der Waals surface area contributed by atoms with Gasteiger partial charge >= 0.3 is 0 Å². The Hall–Kier alpha value is -3.25. The summed E-state index contributed by atoms with van der Waals surface area (Å²) in [4.78, 5) is 24.4. The van der Waals surface area contributed by atoms with Crippen LogP contribution in [0.4, 0.5) is 4.39 Å². The smallest absolute Gasteiger partial charge is 0.238 e. The zero-order chi connectivity index (χ0) is 29.0. The van der Waals surface area contributed by atoms with Gasteiger partial charge in [0.05, 0.1) is 11.4 Å². The number of hydrogen-bond acceptors (Lipinski definition) is 6. The summed E-state index contributed by atoms with van der Waals surface area (Å²) in [6.45, 7) is 0.711. The molecule has 1 fully saturated rings. The number of benzene rings is 2. The molecule has 1 aliphatic carbocycles. The summed E-state index contributed by atoms with van der Waals surface area (Å²) in [7, 11) is -3.92. The molecule has 1 saturated carbocycles. The number of amides is 2. The fraction of sp³-hybridized carbons (Fsp3) is 0.241. The number of halogens is 1. The van der Waals surface area contributed by atoms with Crippen LogP contribution in [0, 0.1) is 11.7 Å². The number of thiol groups is 1. The Balaban J connectivity index is 0.000000267. The number of thiophene rings is 1. The Morgan fingerprint density at radius 1 is 1.07 bits per heavy atom. The molecule has 2 aromatic carbocycles. The number of sulfonamides is 1. The molecule has 1 aliphatic rings. The van der Waals surface area contributed by atoms with Crippen molar-refractivity contribution < 1.29 is 22.4 Å². The van der Waals surface area contributed by atoms with E-state index >= 15 is 0 Å². The zero-order valence-electron chi connectivity index (χ0n) is 21.8. The SMILES string of the molecule is NS(=O)(=O)c1ccccc1-c1ccc(CNC(=O)C2CCCC2)c(F)c1.O=CNCc1ccc(/C=C/C=C\S)s1. The van der Waals surface area contributed by atoms with Gasteiger partial charge < -0.3 is 10.6 Å². The van der Waals surface area contributed by atoms with Gasteiger partial charge in [0, 0.05) is 33.3 Å². The maximum absolute atomic E-state index is 14.5. The maximum Gasteiger partial charge on any atom is 0.238 e. The highest BCUT2D eigenvalue weighted by atomic mass is 32.2. The van der Waals surface area contributed by atoms with Gasteiger partial charge in [-0.05, 0) is 54.2 Å². The predicted octanol–water partition coefficient (Wildman–Crippen LogP) is 5.40. The molecule has 2 amide bonds. The summed E-state index contributed by atoms with van der Waals surface area (Å²) in [5.41, 5.74) is 1.11. The molecule has 0 spiro atoms. The molecule has 1 heterocycles. The number of nitrogens with one attached hydrogen (secondary N) is 2. The monoisotopic (exact) mass is 601 g/mol. The molecule has 40 heavy (non-hydrogen) atoms. The normalized spacial score (nSPS) is 13.8. The van der Waals surface area contributed by atoms with Crippen LogP contribution in [0.5, 0.6) is 0 Å². The number of nitrogens with two attached hydrogens (primary N) is 1. The van der Waals surface area contributed by atoms with E-state index in [-0.39, 0.29) is 23.3 Å². The van der Waals surface area contributed by atoms with Crippen LogP contribution in [0.1, 0.15) is 41.0 Å². The number of primary sulfonamides is 1. The molecule has 0 bridgehead atoms. The van der Waals surface area contributed by atoms with E-state index in [1.165, 1.54) is 17.0 Å². The molecular weight excluding hydrogens is 570 g/mol. The average molecular weight is 602 g/mol. The fourth-order valence-corrected chi connectivity index (χ4v) is 5.98. The Bertz CT molecular complexity index is 1460. The first-order valence-corrected chi connectivity index (χ1v) is 15.5. The van der Waals surface area contributed by atoms with Gasteiger partial charge in [0.15, 0.2) is 0 Å². The lowest BCUT2D eigenvalue weighted by molar-refractivity contribution is -0.125. The van der Waals surface area contributed by atoms with Crippen LogP contribution in [-0.4, -0.2) is 20.7 Å². The van der Waals surface area contributed by atoms with E-state index in [0.717, 1.165) is 30.6 Å². The molecule has 11 heteroatoms. The van der Waals surface area contributed by atoms with E-state index < -0.39 is 15.8 Å². The second kappa shape index (κ2) is 15.5. The predicted molar refractivity (Wildman–Crippen MR) is 161 cm³/mol. The Morgan fingerprint density at radius 3 is 2.50 bits per heavy atom. The lowest BCUT2D eigenvalue weighted by atomic mass is 10.0. The number of carbonyl (C=O) groups is 2. The fourth-order valence-electron chi connectivity index (χ4n) is 4.25. The summed E-state index contributed by atoms with van der Waals surface area (Å²) in [6.07, 6.45) is 10.4. The minimum atomic E-state index is -3.92. The summed E-state index contributed by atoms with van der Waals surface area (Å²) in [6, 6.07) is 14.7. The second-order valence-corrected chi connectivity index (χ2v) is 12.1. The van der Waals surface area contributed by atoms with Crippen LogP contribution >= 0.6 is 24.0 Å². The van der Waals surface area contributed by atoms with E-state index in [4.69, 9.17) is 5.14 Å². The van der Waals surface area contributed by atoms with Gasteiger partial charge in [-0.1, -0.05) is 55.3 Å². The van der Waals surface area contributed by atoms with Gasteiger partial charge in [-0.15, -0.1) is 11.3 Å². The van der Waals surface area contributed by atoms with Crippen molar-refractivity contribution in [1.82, 2.24) is 10.6 Å². The van der Waals surface area contributed by atoms with Crippen molar-refractivity contribution in [3.63, 3.8) is 0 Å². The summed E-state index contributed by atoms with van der Waals surface area (Å²) in [5.74, 6) is -0.511. The van der Waals surface area contributed by atoms with Crippen molar-refractivity contribution >= 4 is 52.4 Å². The van der Waals surface area contributed by atoms with E-state index in [2.05, 4.69) is 23.3 Å². The summed E-state index contributed by atoms with van der Waals surface area (Å²) >= 11 is 5.60. The van der Waals surface area contributed by atoms with Crippen LogP contribution in [0.3, 0.4) is 0 Å². The molecule has 0 aliphatic heterocycles. The lowest BCUT2D eigenvalue weighted by Crippen LogP contribution is -2.29. The van der Waals surface area contributed by atoms with E-state index in [1.54, 1.807) is 47.1 Å². The number of carbonyl (C=O) groups excluding carboxylic acids is 2. The molecule has 3 aromatic rings. The van der Waals surface area contributed by atoms with E-state index in [9.17, 15) is 22.4 Å². The van der Waals surface area contributed by atoms with Crippen molar-refractivity contribution in [3.05, 3.63) is 93.3 Å². The first-order valence-electron chi connectivity index (χ1n) is 12.6. The summed E-state index contributed by atoms with van der Waals surface area (Å²) < 4.78 is 37.9. The second-order valence-electron chi connectivity index (χ2n) is 9.05. The molecular formula is C29H32FN3O4S3. The van der Waals surface area contributed by atoms with Crippen molar-refractivity contribution in [1.29, 1.82) is 0 Å². The van der Waals surface area contributed by atoms with Gasteiger partial charge in [-0.2, -0.15) is 12.6 Å². The molecule has 212 valence electrons. The molecule has 0 atom stereocenters. The Labute approximate surface area is 243 Å². The average Bonchev–Trinajstić information content (AvgIpc) is 3.64. The van der Waals surface area contributed by atoms with Crippen molar-refractivity contribution in [2.45, 2.75) is 43.7 Å². The first-order chi connectivity index (χ1) is 19.2. The topological polar surface area (TPSA) is 118 Å². The van der Waals surface area contributed by atoms with Gasteiger partial charge in [0.2, 0.25) is 22.3 Å². The van der Waals surface area contributed by atoms with E-state index in [0.29, 0.717) is 29.6 Å². The third-order valence-corrected chi connectivity index (χ3v) is 8.43. The minimum absolute atomic E-state index is 0.0268. The molecule has 7 nitrogen and oxygen atoms in total. The van der Waals surface area contributed by atoms with Crippen molar-refractivity contribution in [2.24, 2.45) is 11.1 Å². The molecule has 4 N–H and O–H groups in total. The van der Waals surface area contributed by atoms with Gasteiger partial charge in [0.25, 0.3) is 0 Å². The van der Waals surface area contributed by atoms with Crippen LogP contribution in [-0.2, 0) is 32.7 Å². The highest BCUT2D eigenvalue weighted by molar-refractivity contribution is 7.89. The number of rotatable bonds is 10. The first kappa shape index (κ1) is 31.3. The lowest BCUT2D eigenvalue weighted by Gasteiger charge is -2.12. The molecule has 0 saturated heterocycles. The van der Waals surface area contributed by atoms with Gasteiger partial charge in [-0.3, -0.25) is 9.59 Å². The molecule has 0 unspecified atom stereocenters. The van der Waals surface area contributed by atoms with Gasteiger partial charge in [-0.25, -0.2) is 17.9 Å². The number of allylic oxidation sites excluding steroid dienone is 2. The van der Waals surface area contributed by atoms with Crippen molar-refractivity contribution in [2.75, 3.05) is 0 Å². The van der Waals surface area contributed by atoms with E-state index in [1.807, 2.05) is 30.4 Å². The third-order valence-electron chi connectivity index (χ3n) is 6.24. The van der Waals surface area contributed by atoms with Gasteiger partial charge in [0.1, 0.15) is 5.82 Å². The molecule has 1 aromatic heterocycles. The Morgan fingerprint density at radius 2 is 1.82 bits per heavy atom.